The van der Waals surface area contributed by atoms with Gasteiger partial charge in [0.05, 0.1) is 18.1 Å². The monoisotopic (exact) mass is 598 g/mol. The van der Waals surface area contributed by atoms with Crippen LogP contribution in [0.3, 0.4) is 0 Å². The molecule has 0 amide bonds. The number of phosphoric ester groups is 1. The second-order valence-electron chi connectivity index (χ2n) is 10.7. The summed E-state index contributed by atoms with van der Waals surface area (Å²) in [6.45, 7) is 5.94. The van der Waals surface area contributed by atoms with Crippen LogP contribution in [0.2, 0.25) is 0 Å². The van der Waals surface area contributed by atoms with E-state index in [0.29, 0.717) is 13.2 Å². The van der Waals surface area contributed by atoms with Crippen LogP contribution in [0, 0.1) is 6.92 Å². The van der Waals surface area contributed by atoms with Crippen molar-refractivity contribution in [3.63, 3.8) is 0 Å². The quantitative estimate of drug-likeness (QED) is 0.0702. The van der Waals surface area contributed by atoms with Gasteiger partial charge in [-0.3, -0.25) is 9.42 Å². The van der Waals surface area contributed by atoms with Gasteiger partial charge in [-0.25, -0.2) is 4.57 Å². The van der Waals surface area contributed by atoms with Crippen molar-refractivity contribution >= 4 is 19.2 Å². The number of thiazole rings is 1. The molecule has 1 N–H and O–H groups in total. The minimum absolute atomic E-state index is 0.0880. The molecule has 40 heavy (non-hydrogen) atoms. The van der Waals surface area contributed by atoms with Gasteiger partial charge in [-0.05, 0) is 37.6 Å². The Morgan fingerprint density at radius 1 is 0.875 bits per heavy atom. The molecule has 0 aliphatic rings. The molecule has 0 spiro atoms. The third-order valence-corrected chi connectivity index (χ3v) is 8.70. The van der Waals surface area contributed by atoms with E-state index in [9.17, 15) is 9.46 Å². The maximum atomic E-state index is 12.4. The predicted molar refractivity (Wildman–Crippen MR) is 163 cm³/mol. The van der Waals surface area contributed by atoms with Gasteiger partial charge in [0, 0.05) is 19.3 Å². The Bertz CT molecular complexity index is 938. The Balaban J connectivity index is 1.48. The molecule has 7 nitrogen and oxygen atoms in total. The third kappa shape index (κ3) is 16.9. The zero-order valence-electron chi connectivity index (χ0n) is 25.1. The molecule has 0 saturated heterocycles. The van der Waals surface area contributed by atoms with E-state index in [2.05, 4.69) is 30.1 Å². The Labute approximate surface area is 246 Å². The molecule has 1 heterocycles. The first kappa shape index (κ1) is 34.9. The van der Waals surface area contributed by atoms with Gasteiger partial charge in [0.1, 0.15) is 11.9 Å². The number of nitrogens with zero attached hydrogens (tertiary/aromatic N) is 1. The molecule has 0 saturated carbocycles. The number of aromatic nitrogens is 1. The number of methoxy groups -OCH3 is 1. The Hall–Kier alpha value is -1.28. The van der Waals surface area contributed by atoms with Gasteiger partial charge in [0.25, 0.3) is 0 Å². The van der Waals surface area contributed by atoms with E-state index in [4.69, 9.17) is 18.5 Å². The van der Waals surface area contributed by atoms with E-state index in [1.165, 1.54) is 81.9 Å². The number of aryl methyl sites for hydroxylation is 1. The Morgan fingerprint density at radius 2 is 1.45 bits per heavy atom. The highest BCUT2D eigenvalue weighted by Crippen LogP contribution is 2.44. The molecule has 0 fully saturated rings. The maximum absolute atomic E-state index is 12.4. The lowest BCUT2D eigenvalue weighted by atomic mass is 10.0. The summed E-state index contributed by atoms with van der Waals surface area (Å²) in [4.78, 5) is 11.4. The summed E-state index contributed by atoms with van der Waals surface area (Å²) in [6.07, 6.45) is 20.2. The maximum Gasteiger partial charge on any atom is 0.527 e. The molecule has 1 aromatic carbocycles. The minimum atomic E-state index is -4.27. The number of phosphoric acid groups is 1. The summed E-state index contributed by atoms with van der Waals surface area (Å²) < 4.78 is 36.0. The largest absolute Gasteiger partial charge is 0.527 e. The molecule has 0 radical (unpaired) electrons. The van der Waals surface area contributed by atoms with Gasteiger partial charge in [0.2, 0.25) is 5.51 Å². The van der Waals surface area contributed by atoms with Crippen molar-refractivity contribution in [1.29, 1.82) is 0 Å². The van der Waals surface area contributed by atoms with E-state index in [1.54, 1.807) is 30.6 Å². The molecule has 9 heteroatoms. The summed E-state index contributed by atoms with van der Waals surface area (Å²) in [5.74, 6) is 0.282. The van der Waals surface area contributed by atoms with Crippen LogP contribution < -0.4 is 9.09 Å². The number of unbranched alkanes of at least 4 members (excludes halogenated alkanes) is 13. The molecule has 0 aliphatic heterocycles. The standard InChI is InChI=1S/C31H52NO6PS/c1-4-5-6-7-8-9-10-11-12-13-14-15-16-17-22-36-25-31(35-3)26-37-39(33,34)38-30-20-18-29(19-21-30)24-32-23-28(2)40-27-32/h18-21,23,27,31H,4-17,22,24-26H2,1-3H3/p+1. The molecule has 1 aromatic heterocycles. The first-order valence-corrected chi connectivity index (χ1v) is 17.6. The zero-order valence-corrected chi connectivity index (χ0v) is 26.8. The smallest absolute Gasteiger partial charge is 0.404 e. The van der Waals surface area contributed by atoms with E-state index in [0.717, 1.165) is 24.9 Å². The topological polar surface area (TPSA) is 78.1 Å². The van der Waals surface area contributed by atoms with Crippen molar-refractivity contribution in [2.75, 3.05) is 26.9 Å². The SMILES string of the molecule is CCCCCCCCCCCCCCCCOCC(COP(=O)(O)Oc1ccc(C[n+]2csc(C)c2)cc1)OC. The number of hydrogen-bond acceptors (Lipinski definition) is 6. The Kier molecular flexibility index (Phi) is 18.7. The van der Waals surface area contributed by atoms with Crippen molar-refractivity contribution in [1.82, 2.24) is 0 Å². The molecule has 2 rings (SSSR count). The summed E-state index contributed by atoms with van der Waals surface area (Å²) in [5.41, 5.74) is 3.13. The average molecular weight is 599 g/mol. The Morgan fingerprint density at radius 3 is 1.98 bits per heavy atom. The lowest BCUT2D eigenvalue weighted by Gasteiger charge is -2.18. The molecular formula is C31H53NO6PS+. The number of benzene rings is 1. The highest BCUT2D eigenvalue weighted by Gasteiger charge is 2.25. The number of hydrogen-bond donors (Lipinski definition) is 1. The van der Waals surface area contributed by atoms with Crippen molar-refractivity contribution < 1.29 is 32.5 Å². The van der Waals surface area contributed by atoms with Crippen molar-refractivity contribution in [3.05, 3.63) is 46.4 Å². The second-order valence-corrected chi connectivity index (χ2v) is 13.1. The first-order valence-electron chi connectivity index (χ1n) is 15.2. The lowest BCUT2D eigenvalue weighted by Crippen LogP contribution is -2.30. The van der Waals surface area contributed by atoms with Crippen LogP contribution in [-0.4, -0.2) is 37.9 Å². The fourth-order valence-corrected chi connectivity index (χ4v) is 5.96. The van der Waals surface area contributed by atoms with E-state index in [-0.39, 0.29) is 12.4 Å². The predicted octanol–water partition coefficient (Wildman–Crippen LogP) is 8.40. The normalized spacial score (nSPS) is 13.8. The third-order valence-electron chi connectivity index (χ3n) is 6.93. The van der Waals surface area contributed by atoms with Crippen molar-refractivity contribution in [2.45, 2.75) is 116 Å². The van der Waals surface area contributed by atoms with Crippen LogP contribution in [0.15, 0.2) is 36.0 Å². The summed E-state index contributed by atoms with van der Waals surface area (Å²) in [5, 5.41) is 0. The fraction of sp³-hybridized carbons (Fsp3) is 0.710. The van der Waals surface area contributed by atoms with Crippen LogP contribution in [-0.2, 0) is 25.1 Å². The molecule has 2 atom stereocenters. The molecular weight excluding hydrogens is 545 g/mol. The van der Waals surface area contributed by atoms with Crippen molar-refractivity contribution in [3.8, 4) is 5.75 Å². The van der Waals surface area contributed by atoms with E-state index < -0.39 is 13.9 Å². The molecule has 0 aliphatic carbocycles. The van der Waals surface area contributed by atoms with Crippen LogP contribution in [0.5, 0.6) is 5.75 Å². The second kappa shape index (κ2) is 21.4. The van der Waals surface area contributed by atoms with Crippen LogP contribution in [0.1, 0.15) is 107 Å². The van der Waals surface area contributed by atoms with Crippen LogP contribution >= 0.6 is 19.2 Å². The zero-order chi connectivity index (χ0) is 28.9. The molecule has 2 unspecified atom stereocenters. The number of ether oxygens (including phenoxy) is 2. The summed E-state index contributed by atoms with van der Waals surface area (Å²) in [6, 6.07) is 7.10. The molecule has 0 bridgehead atoms. The molecule has 228 valence electrons. The summed E-state index contributed by atoms with van der Waals surface area (Å²) in [7, 11) is -2.73. The van der Waals surface area contributed by atoms with Gasteiger partial charge >= 0.3 is 7.82 Å². The van der Waals surface area contributed by atoms with Gasteiger partial charge < -0.3 is 14.0 Å². The van der Waals surface area contributed by atoms with E-state index in [1.807, 2.05) is 12.1 Å². The minimum Gasteiger partial charge on any atom is -0.404 e. The highest BCUT2D eigenvalue weighted by molar-refractivity contribution is 7.47. The number of rotatable bonds is 25. The lowest BCUT2D eigenvalue weighted by molar-refractivity contribution is -0.683. The van der Waals surface area contributed by atoms with Gasteiger partial charge in [0.15, 0.2) is 12.7 Å². The van der Waals surface area contributed by atoms with Crippen LogP contribution in [0.4, 0.5) is 0 Å². The van der Waals surface area contributed by atoms with E-state index >= 15 is 0 Å². The van der Waals surface area contributed by atoms with Crippen molar-refractivity contribution in [2.24, 2.45) is 0 Å². The summed E-state index contributed by atoms with van der Waals surface area (Å²) >= 11 is 1.69. The highest BCUT2D eigenvalue weighted by atomic mass is 32.1. The average Bonchev–Trinajstić information content (AvgIpc) is 3.35. The van der Waals surface area contributed by atoms with Gasteiger partial charge in [-0.2, -0.15) is 4.57 Å². The van der Waals surface area contributed by atoms with Gasteiger partial charge in [-0.15, -0.1) is 0 Å². The van der Waals surface area contributed by atoms with Crippen LogP contribution in [0.25, 0.3) is 0 Å². The first-order chi connectivity index (χ1) is 19.4. The van der Waals surface area contributed by atoms with Gasteiger partial charge in [-0.1, -0.05) is 102 Å². The fourth-order valence-electron chi connectivity index (χ4n) is 4.53. The molecule has 2 aromatic rings.